The van der Waals surface area contributed by atoms with Crippen molar-refractivity contribution in [3.05, 3.63) is 90.5 Å². The highest BCUT2D eigenvalue weighted by Crippen LogP contribution is 2.20. The molecule has 2 nitrogen and oxygen atoms in total. The molecule has 0 amide bonds. The van der Waals surface area contributed by atoms with E-state index in [1.807, 2.05) is 74.5 Å². The molecule has 3 rings (SSSR count). The van der Waals surface area contributed by atoms with Crippen molar-refractivity contribution >= 4 is 5.97 Å². The quantitative estimate of drug-likeness (QED) is 0.465. The van der Waals surface area contributed by atoms with E-state index in [1.54, 1.807) is 24.3 Å². The van der Waals surface area contributed by atoms with Crippen LogP contribution in [0.5, 0.6) is 5.75 Å². The third-order valence-corrected chi connectivity index (χ3v) is 3.18. The fourth-order valence-electron chi connectivity index (χ4n) is 2.08. The van der Waals surface area contributed by atoms with E-state index in [2.05, 4.69) is 0 Å². The molecule has 0 atom stereocenters. The van der Waals surface area contributed by atoms with Gasteiger partial charge < -0.3 is 4.74 Å². The molecule has 0 aliphatic carbocycles. The molecule has 116 valence electrons. The van der Waals surface area contributed by atoms with Crippen molar-refractivity contribution in [1.29, 1.82) is 0 Å². The molecule has 0 heterocycles. The van der Waals surface area contributed by atoms with Crippen molar-refractivity contribution < 1.29 is 9.53 Å². The molecule has 0 aliphatic heterocycles. The van der Waals surface area contributed by atoms with Crippen LogP contribution in [0.25, 0.3) is 11.1 Å². The van der Waals surface area contributed by atoms with Crippen molar-refractivity contribution in [3.63, 3.8) is 0 Å². The third kappa shape index (κ3) is 4.55. The first-order valence-corrected chi connectivity index (χ1v) is 7.76. The van der Waals surface area contributed by atoms with Crippen LogP contribution in [0.15, 0.2) is 84.9 Å². The molecule has 0 fully saturated rings. The fraction of sp³-hybridized carbons (Fsp3) is 0.0952. The van der Waals surface area contributed by atoms with Gasteiger partial charge in [-0.15, -0.1) is 0 Å². The molecule has 0 aliphatic rings. The van der Waals surface area contributed by atoms with Crippen LogP contribution in [0.1, 0.15) is 24.2 Å². The summed E-state index contributed by atoms with van der Waals surface area (Å²) in [7, 11) is 0. The SMILES string of the molecule is CC.O=C(Oc1ccccc1)c1ccc(-c2ccccc2)cc1. The average Bonchev–Trinajstić information content (AvgIpc) is 2.65. The zero-order valence-corrected chi connectivity index (χ0v) is 13.4. The van der Waals surface area contributed by atoms with Crippen LogP contribution >= 0.6 is 0 Å². The van der Waals surface area contributed by atoms with Gasteiger partial charge in [0.05, 0.1) is 5.56 Å². The smallest absolute Gasteiger partial charge is 0.343 e. The van der Waals surface area contributed by atoms with E-state index < -0.39 is 0 Å². The van der Waals surface area contributed by atoms with Crippen LogP contribution in [-0.2, 0) is 0 Å². The summed E-state index contributed by atoms with van der Waals surface area (Å²) in [5, 5.41) is 0. The number of hydrogen-bond donors (Lipinski definition) is 0. The molecule has 0 radical (unpaired) electrons. The lowest BCUT2D eigenvalue weighted by molar-refractivity contribution is 0.0735. The summed E-state index contributed by atoms with van der Waals surface area (Å²) in [5.41, 5.74) is 2.74. The molecule has 0 saturated heterocycles. The van der Waals surface area contributed by atoms with Crippen LogP contribution in [0.4, 0.5) is 0 Å². The normalized spacial score (nSPS) is 9.48. The Morgan fingerprint density at radius 3 is 1.70 bits per heavy atom. The lowest BCUT2D eigenvalue weighted by Crippen LogP contribution is -2.08. The van der Waals surface area contributed by atoms with Crippen LogP contribution in [-0.4, -0.2) is 5.97 Å². The predicted octanol–water partition coefficient (Wildman–Crippen LogP) is 5.60. The fourth-order valence-corrected chi connectivity index (χ4v) is 2.08. The Hall–Kier alpha value is -2.87. The van der Waals surface area contributed by atoms with Crippen molar-refractivity contribution in [1.82, 2.24) is 0 Å². The van der Waals surface area contributed by atoms with Crippen molar-refractivity contribution in [2.75, 3.05) is 0 Å². The van der Waals surface area contributed by atoms with Gasteiger partial charge in [-0.2, -0.15) is 0 Å². The third-order valence-electron chi connectivity index (χ3n) is 3.18. The van der Waals surface area contributed by atoms with Crippen molar-refractivity contribution in [2.24, 2.45) is 0 Å². The molecule has 0 N–H and O–H groups in total. The summed E-state index contributed by atoms with van der Waals surface area (Å²) in [6.07, 6.45) is 0. The zero-order chi connectivity index (χ0) is 16.5. The van der Waals surface area contributed by atoms with Crippen LogP contribution < -0.4 is 4.74 Å². The summed E-state index contributed by atoms with van der Waals surface area (Å²) in [5.74, 6) is 0.204. The Morgan fingerprint density at radius 1 is 0.652 bits per heavy atom. The second-order valence-corrected chi connectivity index (χ2v) is 4.65. The number of ether oxygens (including phenoxy) is 1. The number of carbonyl (C=O) groups excluding carboxylic acids is 1. The van der Waals surface area contributed by atoms with E-state index in [4.69, 9.17) is 4.74 Å². The monoisotopic (exact) mass is 304 g/mol. The molecule has 0 bridgehead atoms. The summed E-state index contributed by atoms with van der Waals surface area (Å²) >= 11 is 0. The maximum absolute atomic E-state index is 12.0. The van der Waals surface area contributed by atoms with Gasteiger partial charge in [0.1, 0.15) is 5.75 Å². The molecular weight excluding hydrogens is 284 g/mol. The standard InChI is InChI=1S/C19H14O2.C2H6/c20-19(21-18-9-5-2-6-10-18)17-13-11-16(12-14-17)15-7-3-1-4-8-15;1-2/h1-14H;1-2H3. The Morgan fingerprint density at radius 2 is 1.13 bits per heavy atom. The minimum atomic E-state index is -0.346. The van der Waals surface area contributed by atoms with Crippen LogP contribution in [0.2, 0.25) is 0 Å². The van der Waals surface area contributed by atoms with Gasteiger partial charge >= 0.3 is 5.97 Å². The minimum absolute atomic E-state index is 0.346. The highest BCUT2D eigenvalue weighted by molar-refractivity contribution is 5.91. The van der Waals surface area contributed by atoms with Gasteiger partial charge in [0.2, 0.25) is 0 Å². The molecule has 0 unspecified atom stereocenters. The van der Waals surface area contributed by atoms with E-state index in [0.717, 1.165) is 11.1 Å². The highest BCUT2D eigenvalue weighted by atomic mass is 16.5. The van der Waals surface area contributed by atoms with Gasteiger partial charge in [-0.25, -0.2) is 4.79 Å². The van der Waals surface area contributed by atoms with E-state index in [9.17, 15) is 4.79 Å². The Kier molecular flexibility index (Phi) is 6.13. The van der Waals surface area contributed by atoms with Gasteiger partial charge in [0, 0.05) is 0 Å². The number of esters is 1. The maximum Gasteiger partial charge on any atom is 0.343 e. The second-order valence-electron chi connectivity index (χ2n) is 4.65. The van der Waals surface area contributed by atoms with Gasteiger partial charge in [0.15, 0.2) is 0 Å². The number of hydrogen-bond acceptors (Lipinski definition) is 2. The van der Waals surface area contributed by atoms with E-state index >= 15 is 0 Å². The number of para-hydroxylation sites is 1. The van der Waals surface area contributed by atoms with Crippen molar-refractivity contribution in [3.8, 4) is 16.9 Å². The molecule has 0 spiro atoms. The van der Waals surface area contributed by atoms with Gasteiger partial charge in [0.25, 0.3) is 0 Å². The molecular formula is C21H20O2. The summed E-state index contributed by atoms with van der Waals surface area (Å²) in [6.45, 7) is 4.00. The predicted molar refractivity (Wildman–Crippen MR) is 94.6 cm³/mol. The summed E-state index contributed by atoms with van der Waals surface area (Å²) < 4.78 is 5.31. The lowest BCUT2D eigenvalue weighted by atomic mass is 10.0. The zero-order valence-electron chi connectivity index (χ0n) is 13.4. The Balaban J connectivity index is 0.000000924. The average molecular weight is 304 g/mol. The topological polar surface area (TPSA) is 26.3 Å². The van der Waals surface area contributed by atoms with E-state index in [1.165, 1.54) is 0 Å². The molecule has 0 aromatic heterocycles. The van der Waals surface area contributed by atoms with Gasteiger partial charge in [-0.05, 0) is 35.4 Å². The molecule has 23 heavy (non-hydrogen) atoms. The van der Waals surface area contributed by atoms with Crippen molar-refractivity contribution in [2.45, 2.75) is 13.8 Å². The maximum atomic E-state index is 12.0. The summed E-state index contributed by atoms with van der Waals surface area (Å²) in [6, 6.07) is 26.5. The number of benzene rings is 3. The van der Waals surface area contributed by atoms with Gasteiger partial charge in [-0.3, -0.25) is 0 Å². The Bertz CT molecular complexity index is 717. The number of rotatable bonds is 3. The second kappa shape index (κ2) is 8.54. The first-order valence-electron chi connectivity index (χ1n) is 7.76. The first-order chi connectivity index (χ1) is 11.3. The molecule has 3 aromatic carbocycles. The largest absolute Gasteiger partial charge is 0.423 e. The Labute approximate surface area is 137 Å². The lowest BCUT2D eigenvalue weighted by Gasteiger charge is -2.05. The molecule has 0 saturated carbocycles. The van der Waals surface area contributed by atoms with Crippen LogP contribution in [0.3, 0.4) is 0 Å². The minimum Gasteiger partial charge on any atom is -0.423 e. The molecule has 2 heteroatoms. The molecule has 3 aromatic rings. The van der Waals surface area contributed by atoms with Gasteiger partial charge in [-0.1, -0.05) is 74.5 Å². The highest BCUT2D eigenvalue weighted by Gasteiger charge is 2.08. The van der Waals surface area contributed by atoms with Crippen LogP contribution in [0, 0.1) is 0 Å². The van der Waals surface area contributed by atoms with E-state index in [0.29, 0.717) is 11.3 Å². The first kappa shape index (κ1) is 16.5. The summed E-state index contributed by atoms with van der Waals surface area (Å²) in [4.78, 5) is 12.0. The number of carbonyl (C=O) groups is 1. The van der Waals surface area contributed by atoms with E-state index in [-0.39, 0.29) is 5.97 Å².